The zero-order chi connectivity index (χ0) is 22.7. The number of ether oxygens (including phenoxy) is 1. The van der Waals surface area contributed by atoms with Crippen LogP contribution in [-0.4, -0.2) is 35.8 Å². The minimum Gasteiger partial charge on any atom is -0.469 e. The molecule has 0 aliphatic heterocycles. The number of hydrogen-bond acceptors (Lipinski definition) is 4. The number of anilines is 1. The van der Waals surface area contributed by atoms with Gasteiger partial charge >= 0.3 is 5.97 Å². The highest BCUT2D eigenvalue weighted by molar-refractivity contribution is 6.31. The maximum absolute atomic E-state index is 13.4. The van der Waals surface area contributed by atoms with Crippen LogP contribution in [0.2, 0.25) is 5.02 Å². The Kier molecular flexibility index (Phi) is 6.75. The summed E-state index contributed by atoms with van der Waals surface area (Å²) in [5.74, 6) is -1.05. The molecule has 0 bridgehead atoms. The largest absolute Gasteiger partial charge is 0.469 e. The third-order valence-electron chi connectivity index (χ3n) is 5.20. The number of aryl methyl sites for hydroxylation is 1. The Morgan fingerprint density at radius 1 is 1.16 bits per heavy atom. The number of esters is 1. The fourth-order valence-electron chi connectivity index (χ4n) is 3.37. The number of carbonyl (C=O) groups is 2. The Labute approximate surface area is 185 Å². The first-order valence-electron chi connectivity index (χ1n) is 9.68. The van der Waals surface area contributed by atoms with Gasteiger partial charge in [-0.15, -0.1) is 0 Å². The van der Waals surface area contributed by atoms with Crippen molar-refractivity contribution in [2.24, 2.45) is 0 Å². The highest BCUT2D eigenvalue weighted by atomic mass is 35.5. The number of methoxy groups -OCH3 is 1. The Balaban J connectivity index is 1.80. The Bertz CT molecular complexity index is 1130. The van der Waals surface area contributed by atoms with Crippen LogP contribution in [0.1, 0.15) is 33.7 Å². The molecular formula is C23H23ClFN3O3. The van der Waals surface area contributed by atoms with Gasteiger partial charge in [0.05, 0.1) is 23.5 Å². The van der Waals surface area contributed by atoms with E-state index in [0.717, 1.165) is 22.6 Å². The number of nitrogens with zero attached hydrogens (tertiary/aromatic N) is 3. The molecule has 0 fully saturated rings. The molecule has 3 rings (SSSR count). The van der Waals surface area contributed by atoms with Gasteiger partial charge in [0.2, 0.25) is 0 Å². The van der Waals surface area contributed by atoms with Gasteiger partial charge in [-0.25, -0.2) is 9.07 Å². The molecule has 1 aromatic heterocycles. The van der Waals surface area contributed by atoms with Crippen LogP contribution >= 0.6 is 11.6 Å². The minimum atomic E-state index is -0.536. The summed E-state index contributed by atoms with van der Waals surface area (Å²) >= 11 is 5.83. The molecule has 0 unspecified atom stereocenters. The van der Waals surface area contributed by atoms with E-state index in [-0.39, 0.29) is 23.3 Å². The summed E-state index contributed by atoms with van der Waals surface area (Å²) in [6, 6.07) is 11.2. The summed E-state index contributed by atoms with van der Waals surface area (Å²) in [5.41, 5.74) is 4.54. The van der Waals surface area contributed by atoms with E-state index in [1.807, 2.05) is 26.0 Å². The zero-order valence-corrected chi connectivity index (χ0v) is 18.5. The molecule has 2 aromatic carbocycles. The van der Waals surface area contributed by atoms with Crippen molar-refractivity contribution in [1.29, 1.82) is 0 Å². The number of halogens is 2. The summed E-state index contributed by atoms with van der Waals surface area (Å²) in [6.45, 7) is 3.84. The van der Waals surface area contributed by atoms with Gasteiger partial charge in [0.15, 0.2) is 0 Å². The smallest absolute Gasteiger partial charge is 0.305 e. The van der Waals surface area contributed by atoms with Gasteiger partial charge in [-0.2, -0.15) is 5.10 Å². The van der Waals surface area contributed by atoms with Crippen molar-refractivity contribution in [2.45, 2.75) is 26.7 Å². The summed E-state index contributed by atoms with van der Waals surface area (Å²) in [5, 5.41) is 4.54. The van der Waals surface area contributed by atoms with Crippen LogP contribution in [0.25, 0.3) is 5.69 Å². The lowest BCUT2D eigenvalue weighted by Crippen LogP contribution is -2.26. The fraction of sp³-hybridized carbons (Fsp3) is 0.261. The van der Waals surface area contributed by atoms with Gasteiger partial charge in [0.25, 0.3) is 5.91 Å². The van der Waals surface area contributed by atoms with Gasteiger partial charge in [0.1, 0.15) is 5.82 Å². The van der Waals surface area contributed by atoms with E-state index in [1.165, 1.54) is 30.2 Å². The second kappa shape index (κ2) is 9.31. The molecule has 0 spiro atoms. The molecule has 1 heterocycles. The van der Waals surface area contributed by atoms with E-state index < -0.39 is 5.82 Å². The molecule has 8 heteroatoms. The van der Waals surface area contributed by atoms with Gasteiger partial charge in [-0.05, 0) is 68.3 Å². The van der Waals surface area contributed by atoms with Gasteiger partial charge in [0, 0.05) is 30.4 Å². The van der Waals surface area contributed by atoms with E-state index in [0.29, 0.717) is 17.7 Å². The van der Waals surface area contributed by atoms with Gasteiger partial charge < -0.3 is 9.64 Å². The Morgan fingerprint density at radius 2 is 1.84 bits per heavy atom. The molecule has 0 aliphatic carbocycles. The Hall–Kier alpha value is -3.19. The molecule has 31 heavy (non-hydrogen) atoms. The van der Waals surface area contributed by atoms with Crippen LogP contribution in [0, 0.1) is 19.7 Å². The highest BCUT2D eigenvalue weighted by Gasteiger charge is 2.17. The van der Waals surface area contributed by atoms with Crippen molar-refractivity contribution >= 4 is 29.2 Å². The standard InChI is InChI=1S/C23H23ClFN3O3/c1-14-19(10-12-22(29)31-4)15(2)28(26-14)17-7-5-16(6-8-17)23(30)27(3)18-9-11-21(25)20(24)13-18/h5-9,11,13H,10,12H2,1-4H3. The van der Waals surface area contributed by atoms with E-state index in [9.17, 15) is 14.0 Å². The number of benzene rings is 2. The molecule has 3 aromatic rings. The predicted molar refractivity (Wildman–Crippen MR) is 118 cm³/mol. The van der Waals surface area contributed by atoms with Crippen LogP contribution in [0.5, 0.6) is 0 Å². The lowest BCUT2D eigenvalue weighted by molar-refractivity contribution is -0.140. The normalized spacial score (nSPS) is 10.8. The van der Waals surface area contributed by atoms with Gasteiger partial charge in [-0.3, -0.25) is 9.59 Å². The monoisotopic (exact) mass is 443 g/mol. The molecule has 0 atom stereocenters. The van der Waals surface area contributed by atoms with Crippen LogP contribution in [0.4, 0.5) is 10.1 Å². The summed E-state index contributed by atoms with van der Waals surface area (Å²) in [4.78, 5) is 25.7. The lowest BCUT2D eigenvalue weighted by Gasteiger charge is -2.18. The number of aromatic nitrogens is 2. The summed E-state index contributed by atoms with van der Waals surface area (Å²) in [6.07, 6.45) is 0.836. The van der Waals surface area contributed by atoms with Crippen LogP contribution in [-0.2, 0) is 16.0 Å². The predicted octanol–water partition coefficient (Wildman–Crippen LogP) is 4.66. The average Bonchev–Trinajstić information content (AvgIpc) is 3.06. The van der Waals surface area contributed by atoms with Crippen molar-refractivity contribution < 1.29 is 18.7 Å². The van der Waals surface area contributed by atoms with Crippen molar-refractivity contribution in [3.63, 3.8) is 0 Å². The van der Waals surface area contributed by atoms with Crippen molar-refractivity contribution in [2.75, 3.05) is 19.1 Å². The van der Waals surface area contributed by atoms with Crippen LogP contribution in [0.15, 0.2) is 42.5 Å². The minimum absolute atomic E-state index is 0.0416. The first kappa shape index (κ1) is 22.5. The maximum Gasteiger partial charge on any atom is 0.305 e. The number of amides is 1. The zero-order valence-electron chi connectivity index (χ0n) is 17.8. The first-order valence-corrected chi connectivity index (χ1v) is 10.1. The molecular weight excluding hydrogens is 421 g/mol. The molecule has 0 saturated heterocycles. The highest BCUT2D eigenvalue weighted by Crippen LogP contribution is 2.24. The lowest BCUT2D eigenvalue weighted by atomic mass is 10.1. The van der Waals surface area contributed by atoms with E-state index in [1.54, 1.807) is 23.9 Å². The molecule has 162 valence electrons. The molecule has 1 amide bonds. The average molecular weight is 444 g/mol. The summed E-state index contributed by atoms with van der Waals surface area (Å²) < 4.78 is 19.9. The van der Waals surface area contributed by atoms with Crippen molar-refractivity contribution in [3.8, 4) is 5.69 Å². The fourth-order valence-corrected chi connectivity index (χ4v) is 3.54. The van der Waals surface area contributed by atoms with Crippen LogP contribution < -0.4 is 4.90 Å². The number of rotatable bonds is 6. The number of carbonyl (C=O) groups excluding carboxylic acids is 2. The molecule has 0 N–H and O–H groups in total. The second-order valence-electron chi connectivity index (χ2n) is 7.15. The molecule has 0 saturated carbocycles. The van der Waals surface area contributed by atoms with Crippen molar-refractivity contribution in [1.82, 2.24) is 9.78 Å². The third-order valence-corrected chi connectivity index (χ3v) is 5.49. The SMILES string of the molecule is COC(=O)CCc1c(C)nn(-c2ccc(C(=O)N(C)c3ccc(F)c(Cl)c3)cc2)c1C. The first-order chi connectivity index (χ1) is 14.7. The molecule has 0 radical (unpaired) electrons. The Morgan fingerprint density at radius 3 is 2.45 bits per heavy atom. The second-order valence-corrected chi connectivity index (χ2v) is 7.55. The van der Waals surface area contributed by atoms with E-state index in [2.05, 4.69) is 5.10 Å². The maximum atomic E-state index is 13.4. The third kappa shape index (κ3) is 4.77. The van der Waals surface area contributed by atoms with E-state index in [4.69, 9.17) is 16.3 Å². The van der Waals surface area contributed by atoms with Crippen molar-refractivity contribution in [3.05, 3.63) is 75.8 Å². The molecule has 6 nitrogen and oxygen atoms in total. The van der Waals surface area contributed by atoms with Gasteiger partial charge in [-0.1, -0.05) is 11.6 Å². The quantitative estimate of drug-likeness (QED) is 0.519. The van der Waals surface area contributed by atoms with Crippen LogP contribution in [0.3, 0.4) is 0 Å². The summed E-state index contributed by atoms with van der Waals surface area (Å²) in [7, 11) is 2.98. The number of hydrogen-bond donors (Lipinski definition) is 0. The molecule has 0 aliphatic rings. The van der Waals surface area contributed by atoms with E-state index >= 15 is 0 Å². The topological polar surface area (TPSA) is 64.4 Å².